The lowest BCUT2D eigenvalue weighted by Crippen LogP contribution is -2.32. The Labute approximate surface area is 75.8 Å². The lowest BCUT2D eigenvalue weighted by Gasteiger charge is -2.06. The zero-order chi connectivity index (χ0) is 9.56. The van der Waals surface area contributed by atoms with Gasteiger partial charge in [0.25, 0.3) is 0 Å². The van der Waals surface area contributed by atoms with Crippen LogP contribution in [0.1, 0.15) is 13.3 Å². The van der Waals surface area contributed by atoms with E-state index in [1.165, 1.54) is 14.0 Å². The van der Waals surface area contributed by atoms with E-state index >= 15 is 0 Å². The van der Waals surface area contributed by atoms with Crippen LogP contribution >= 0.6 is 11.8 Å². The maximum Gasteiger partial charge on any atom is 0.322 e. The molecule has 70 valence electrons. The van der Waals surface area contributed by atoms with Gasteiger partial charge >= 0.3 is 5.97 Å². The van der Waals surface area contributed by atoms with Crippen LogP contribution in [-0.4, -0.2) is 30.0 Å². The van der Waals surface area contributed by atoms with Crippen molar-refractivity contribution in [3.8, 4) is 0 Å². The topological polar surface area (TPSA) is 69.4 Å². The molecule has 0 aliphatic rings. The fourth-order valence-corrected chi connectivity index (χ4v) is 1.26. The number of hydrogen-bond acceptors (Lipinski definition) is 5. The van der Waals surface area contributed by atoms with E-state index in [1.807, 2.05) is 0 Å². The predicted molar refractivity (Wildman–Crippen MR) is 47.7 cm³/mol. The molecule has 0 bridgehead atoms. The van der Waals surface area contributed by atoms with Crippen molar-refractivity contribution in [1.29, 1.82) is 0 Å². The number of ether oxygens (including phenoxy) is 1. The smallest absolute Gasteiger partial charge is 0.322 e. The first kappa shape index (κ1) is 11.4. The standard InChI is InChI=1S/C7H13NO3S/c1-5(9)12-4-3-6(8)7(10)11-2/h6H,3-4,8H2,1-2H3/t6-/m0/s1. The van der Waals surface area contributed by atoms with Crippen LogP contribution in [-0.2, 0) is 14.3 Å². The van der Waals surface area contributed by atoms with E-state index in [1.54, 1.807) is 0 Å². The number of methoxy groups -OCH3 is 1. The second kappa shape index (κ2) is 6.02. The van der Waals surface area contributed by atoms with Crippen LogP contribution in [0.15, 0.2) is 0 Å². The maximum atomic E-state index is 10.7. The normalized spacial score (nSPS) is 12.2. The van der Waals surface area contributed by atoms with Gasteiger partial charge in [0, 0.05) is 12.7 Å². The van der Waals surface area contributed by atoms with Crippen LogP contribution in [0.25, 0.3) is 0 Å². The molecule has 0 aliphatic heterocycles. The van der Waals surface area contributed by atoms with Crippen molar-refractivity contribution in [3.63, 3.8) is 0 Å². The summed E-state index contributed by atoms with van der Waals surface area (Å²) in [6.45, 7) is 1.48. The highest BCUT2D eigenvalue weighted by molar-refractivity contribution is 8.13. The first-order valence-corrected chi connectivity index (χ1v) is 4.53. The third-order valence-corrected chi connectivity index (χ3v) is 2.08. The molecule has 0 aliphatic carbocycles. The maximum absolute atomic E-state index is 10.7. The van der Waals surface area contributed by atoms with E-state index in [-0.39, 0.29) is 5.12 Å². The van der Waals surface area contributed by atoms with E-state index in [2.05, 4.69) is 4.74 Å². The molecule has 5 heteroatoms. The van der Waals surface area contributed by atoms with Gasteiger partial charge in [0.05, 0.1) is 7.11 Å². The number of nitrogens with two attached hydrogens (primary N) is 1. The largest absolute Gasteiger partial charge is 0.468 e. The molecule has 4 nitrogen and oxygen atoms in total. The van der Waals surface area contributed by atoms with Crippen molar-refractivity contribution in [2.45, 2.75) is 19.4 Å². The fraction of sp³-hybridized carbons (Fsp3) is 0.714. The minimum Gasteiger partial charge on any atom is -0.468 e. The zero-order valence-corrected chi connectivity index (χ0v) is 8.02. The van der Waals surface area contributed by atoms with Crippen molar-refractivity contribution in [2.75, 3.05) is 12.9 Å². The van der Waals surface area contributed by atoms with Gasteiger partial charge in [-0.05, 0) is 6.42 Å². The predicted octanol–water partition coefficient (Wildman–Crippen LogP) is 0.157. The van der Waals surface area contributed by atoms with Crippen molar-refractivity contribution in [2.24, 2.45) is 5.73 Å². The molecule has 0 saturated carbocycles. The van der Waals surface area contributed by atoms with Gasteiger partial charge in [-0.25, -0.2) is 0 Å². The Morgan fingerprint density at radius 1 is 1.58 bits per heavy atom. The molecule has 0 aromatic rings. The summed E-state index contributed by atoms with van der Waals surface area (Å²) in [6, 6.07) is -0.609. The van der Waals surface area contributed by atoms with Gasteiger partial charge in [-0.1, -0.05) is 11.8 Å². The summed E-state index contributed by atoms with van der Waals surface area (Å²) in [5, 5.41) is 0.0343. The van der Waals surface area contributed by atoms with Crippen LogP contribution in [0.5, 0.6) is 0 Å². The van der Waals surface area contributed by atoms with E-state index in [9.17, 15) is 9.59 Å². The van der Waals surface area contributed by atoms with Crippen LogP contribution in [0, 0.1) is 0 Å². The number of hydrogen-bond donors (Lipinski definition) is 1. The lowest BCUT2D eigenvalue weighted by atomic mass is 10.2. The number of esters is 1. The number of carbonyl (C=O) groups excluding carboxylic acids is 2. The van der Waals surface area contributed by atoms with Gasteiger partial charge < -0.3 is 10.5 Å². The Morgan fingerprint density at radius 3 is 2.58 bits per heavy atom. The van der Waals surface area contributed by atoms with Crippen molar-refractivity contribution in [1.82, 2.24) is 0 Å². The van der Waals surface area contributed by atoms with Crippen molar-refractivity contribution >= 4 is 22.8 Å². The minimum absolute atomic E-state index is 0.0343. The Kier molecular flexibility index (Phi) is 5.74. The Bertz CT molecular complexity index is 172. The summed E-state index contributed by atoms with van der Waals surface area (Å²) in [6.07, 6.45) is 0.469. The molecular formula is C7H13NO3S. The second-order valence-electron chi connectivity index (χ2n) is 2.26. The van der Waals surface area contributed by atoms with E-state index < -0.39 is 12.0 Å². The quantitative estimate of drug-likeness (QED) is 0.641. The minimum atomic E-state index is -0.609. The van der Waals surface area contributed by atoms with Gasteiger partial charge in [-0.3, -0.25) is 9.59 Å². The summed E-state index contributed by atoms with van der Waals surface area (Å²) >= 11 is 1.16. The average molecular weight is 191 g/mol. The summed E-state index contributed by atoms with van der Waals surface area (Å²) in [7, 11) is 1.29. The first-order chi connectivity index (χ1) is 5.57. The summed E-state index contributed by atoms with van der Waals surface area (Å²) < 4.78 is 4.41. The highest BCUT2D eigenvalue weighted by atomic mass is 32.2. The Hall–Kier alpha value is -0.550. The van der Waals surface area contributed by atoms with Crippen LogP contribution in [0.4, 0.5) is 0 Å². The molecular weight excluding hydrogens is 178 g/mol. The molecule has 0 heterocycles. The lowest BCUT2D eigenvalue weighted by molar-refractivity contribution is -0.142. The molecule has 0 amide bonds. The molecule has 0 aromatic carbocycles. The number of carbonyl (C=O) groups is 2. The number of thioether (sulfide) groups is 1. The van der Waals surface area contributed by atoms with Crippen LogP contribution in [0.2, 0.25) is 0 Å². The van der Waals surface area contributed by atoms with Gasteiger partial charge in [0.1, 0.15) is 6.04 Å². The monoisotopic (exact) mass is 191 g/mol. The third-order valence-electron chi connectivity index (χ3n) is 1.24. The summed E-state index contributed by atoms with van der Waals surface area (Å²) in [5.41, 5.74) is 5.41. The number of rotatable bonds is 4. The second-order valence-corrected chi connectivity index (χ2v) is 3.53. The average Bonchev–Trinajstić information content (AvgIpc) is 2.02. The van der Waals surface area contributed by atoms with E-state index in [4.69, 9.17) is 5.73 Å². The summed E-state index contributed by atoms with van der Waals surface area (Å²) in [4.78, 5) is 21.2. The fourth-order valence-electron chi connectivity index (χ4n) is 0.599. The van der Waals surface area contributed by atoms with Gasteiger partial charge in [0.15, 0.2) is 5.12 Å². The third kappa shape index (κ3) is 5.15. The molecule has 0 aromatic heterocycles. The molecule has 0 spiro atoms. The Balaban J connectivity index is 3.50. The van der Waals surface area contributed by atoms with Crippen molar-refractivity contribution < 1.29 is 14.3 Å². The molecule has 0 fully saturated rings. The summed E-state index contributed by atoms with van der Waals surface area (Å²) in [5.74, 6) is 0.130. The van der Waals surface area contributed by atoms with Gasteiger partial charge in [0.2, 0.25) is 0 Å². The van der Waals surface area contributed by atoms with Crippen LogP contribution < -0.4 is 5.73 Å². The molecule has 1 atom stereocenters. The highest BCUT2D eigenvalue weighted by Crippen LogP contribution is 2.05. The molecule has 2 N–H and O–H groups in total. The van der Waals surface area contributed by atoms with Gasteiger partial charge in [-0.15, -0.1) is 0 Å². The molecule has 0 saturated heterocycles. The van der Waals surface area contributed by atoms with E-state index in [0.29, 0.717) is 12.2 Å². The first-order valence-electron chi connectivity index (χ1n) is 3.54. The molecule has 0 radical (unpaired) electrons. The highest BCUT2D eigenvalue weighted by Gasteiger charge is 2.12. The SMILES string of the molecule is COC(=O)[C@@H](N)CCSC(C)=O. The van der Waals surface area contributed by atoms with Crippen molar-refractivity contribution in [3.05, 3.63) is 0 Å². The molecule has 0 rings (SSSR count). The van der Waals surface area contributed by atoms with Crippen LogP contribution in [0.3, 0.4) is 0 Å². The Morgan fingerprint density at radius 2 is 2.17 bits per heavy atom. The molecule has 0 unspecified atom stereocenters. The van der Waals surface area contributed by atoms with E-state index in [0.717, 1.165) is 11.8 Å². The molecule has 12 heavy (non-hydrogen) atoms. The zero-order valence-electron chi connectivity index (χ0n) is 7.20. The van der Waals surface area contributed by atoms with Gasteiger partial charge in [-0.2, -0.15) is 0 Å².